The summed E-state index contributed by atoms with van der Waals surface area (Å²) >= 11 is 0. The molecule has 1 atom stereocenters. The van der Waals surface area contributed by atoms with E-state index in [9.17, 15) is 0 Å². The van der Waals surface area contributed by atoms with Crippen LogP contribution in [0.4, 0.5) is 0 Å². The molecule has 1 unspecified atom stereocenters. The number of rotatable bonds is 6. The van der Waals surface area contributed by atoms with Gasteiger partial charge in [-0.3, -0.25) is 0 Å². The summed E-state index contributed by atoms with van der Waals surface area (Å²) in [7, 11) is 0. The Kier molecular flexibility index (Phi) is 9.74. The molecule has 0 radical (unpaired) electrons. The predicted octanol–water partition coefficient (Wildman–Crippen LogP) is 1.99. The van der Waals surface area contributed by atoms with Crippen LogP contribution >= 0.6 is 0 Å². The first kappa shape index (κ1) is 27.6. The Morgan fingerprint density at radius 2 is 1.39 bits per heavy atom. The van der Waals surface area contributed by atoms with Crippen LogP contribution in [0.5, 0.6) is 0 Å². The summed E-state index contributed by atoms with van der Waals surface area (Å²) in [5, 5.41) is 0. The third-order valence-electron chi connectivity index (χ3n) is 6.98. The normalized spacial score (nSPS) is 15.4. The Balaban J connectivity index is 0.00000128. The topological polar surface area (TPSA) is 0 Å². The number of halogens is 2. The van der Waals surface area contributed by atoms with Gasteiger partial charge in [0.2, 0.25) is 0 Å². The fourth-order valence-electron chi connectivity index (χ4n) is 5.71. The third-order valence-corrected chi connectivity index (χ3v) is 6.98. The molecule has 2 aliphatic carbocycles. The van der Waals surface area contributed by atoms with Crippen molar-refractivity contribution >= 4 is 0 Å². The fraction of sp³-hybridized carbons (Fsp3) is 0.200. The van der Waals surface area contributed by atoms with Crippen LogP contribution in [-0.4, -0.2) is 0 Å². The summed E-state index contributed by atoms with van der Waals surface area (Å²) in [6.07, 6.45) is 9.99. The molecule has 3 aromatic rings. The van der Waals surface area contributed by atoms with Gasteiger partial charge in [-0.2, -0.15) is 0 Å². The number of allylic oxidation sites excluding steroid dienone is 5. The van der Waals surface area contributed by atoms with Crippen molar-refractivity contribution in [2.24, 2.45) is 0 Å². The maximum absolute atomic E-state index is 4.08. The third kappa shape index (κ3) is 4.66. The zero-order valence-corrected chi connectivity index (χ0v) is 22.9. The van der Waals surface area contributed by atoms with Gasteiger partial charge in [-0.05, 0) is 54.0 Å². The van der Waals surface area contributed by atoms with Gasteiger partial charge in [0.1, 0.15) is 0 Å². The average molecular weight is 551 g/mol. The largest absolute Gasteiger partial charge is 2.00 e. The summed E-state index contributed by atoms with van der Waals surface area (Å²) in [6, 6.07) is 29.2. The van der Waals surface area contributed by atoms with E-state index in [1.807, 2.05) is 0 Å². The van der Waals surface area contributed by atoms with Gasteiger partial charge in [-0.1, -0.05) is 108 Å². The molecule has 0 heterocycles. The minimum absolute atomic E-state index is 0. The second kappa shape index (κ2) is 11.7. The van der Waals surface area contributed by atoms with E-state index in [1.165, 1.54) is 39.0 Å². The minimum Gasteiger partial charge on any atom is -1.00 e. The van der Waals surface area contributed by atoms with Crippen molar-refractivity contribution in [3.63, 3.8) is 0 Å². The maximum atomic E-state index is 4.08. The van der Waals surface area contributed by atoms with Crippen molar-refractivity contribution in [1.29, 1.82) is 0 Å². The second-order valence-electron chi connectivity index (χ2n) is 8.59. The molecule has 3 aromatic carbocycles. The molecule has 5 rings (SSSR count). The smallest absolute Gasteiger partial charge is 1.00 e. The molecular formula is C30H28Cl2Zr. The van der Waals surface area contributed by atoms with Gasteiger partial charge in [-0.25, -0.2) is 0 Å². The van der Waals surface area contributed by atoms with E-state index in [1.54, 1.807) is 0 Å². The van der Waals surface area contributed by atoms with Gasteiger partial charge < -0.3 is 24.8 Å². The van der Waals surface area contributed by atoms with Gasteiger partial charge in [0.15, 0.2) is 0 Å². The summed E-state index contributed by atoms with van der Waals surface area (Å²) in [4.78, 5) is 0. The molecule has 3 heteroatoms. The van der Waals surface area contributed by atoms with E-state index in [0.717, 1.165) is 19.3 Å². The van der Waals surface area contributed by atoms with Crippen molar-refractivity contribution in [2.75, 3.05) is 0 Å². The summed E-state index contributed by atoms with van der Waals surface area (Å²) < 4.78 is 0. The molecule has 166 valence electrons. The zero-order chi connectivity index (χ0) is 20.6. The Morgan fingerprint density at radius 1 is 0.848 bits per heavy atom. The first-order valence-corrected chi connectivity index (χ1v) is 11.0. The Bertz CT molecular complexity index is 1120. The van der Waals surface area contributed by atoms with Crippen molar-refractivity contribution < 1.29 is 51.0 Å². The van der Waals surface area contributed by atoms with Gasteiger partial charge in [0, 0.05) is 11.3 Å². The zero-order valence-electron chi connectivity index (χ0n) is 18.9. The Hall–Kier alpha value is -1.66. The van der Waals surface area contributed by atoms with Crippen LogP contribution < -0.4 is 24.8 Å². The first-order chi connectivity index (χ1) is 14.8. The molecule has 0 aliphatic heterocycles. The van der Waals surface area contributed by atoms with Gasteiger partial charge in [-0.15, -0.1) is 6.58 Å². The van der Waals surface area contributed by atoms with Gasteiger partial charge in [0.25, 0.3) is 0 Å². The minimum atomic E-state index is -0.0909. The number of hydrogen-bond acceptors (Lipinski definition) is 0. The predicted molar refractivity (Wildman–Crippen MR) is 128 cm³/mol. The maximum Gasteiger partial charge on any atom is 2.00 e. The molecule has 0 nitrogen and oxygen atoms in total. The molecule has 0 fully saturated rings. The van der Waals surface area contributed by atoms with Crippen LogP contribution in [0.3, 0.4) is 0 Å². The Labute approximate surface area is 229 Å². The van der Waals surface area contributed by atoms with E-state index in [4.69, 9.17) is 0 Å². The van der Waals surface area contributed by atoms with Crippen LogP contribution in [0.2, 0.25) is 0 Å². The van der Waals surface area contributed by atoms with Crippen LogP contribution in [0.1, 0.15) is 48.8 Å². The number of fused-ring (bicyclic) bond motifs is 3. The van der Waals surface area contributed by atoms with Gasteiger partial charge in [0.05, 0.1) is 0 Å². The molecule has 33 heavy (non-hydrogen) atoms. The SMILES string of the molecule is C=CCCC(C1=CC(C)=CC1)(c1ccccc1)C1c2ccccc2-c2ccccc21.[Cl-].[Cl-].[Zr+2]. The quantitative estimate of drug-likeness (QED) is 0.412. The van der Waals surface area contributed by atoms with Crippen molar-refractivity contribution in [1.82, 2.24) is 0 Å². The average Bonchev–Trinajstić information content (AvgIpc) is 3.38. The van der Waals surface area contributed by atoms with Crippen LogP contribution in [0.15, 0.2) is 115 Å². The number of benzene rings is 3. The molecule has 0 saturated heterocycles. The first-order valence-electron chi connectivity index (χ1n) is 11.0. The Morgan fingerprint density at radius 3 is 1.91 bits per heavy atom. The van der Waals surface area contributed by atoms with Gasteiger partial charge >= 0.3 is 26.2 Å². The molecule has 0 amide bonds. The van der Waals surface area contributed by atoms with Crippen molar-refractivity contribution in [3.05, 3.63) is 132 Å². The van der Waals surface area contributed by atoms with E-state index in [0.29, 0.717) is 5.92 Å². The van der Waals surface area contributed by atoms with E-state index in [2.05, 4.69) is 111 Å². The van der Waals surface area contributed by atoms with Crippen LogP contribution in [0, 0.1) is 0 Å². The van der Waals surface area contributed by atoms with E-state index in [-0.39, 0.29) is 56.4 Å². The summed E-state index contributed by atoms with van der Waals surface area (Å²) in [5.41, 5.74) is 9.92. The molecule has 0 saturated carbocycles. The molecule has 0 bridgehead atoms. The van der Waals surface area contributed by atoms with E-state index < -0.39 is 0 Å². The van der Waals surface area contributed by atoms with Crippen LogP contribution in [-0.2, 0) is 31.6 Å². The number of hydrogen-bond donors (Lipinski definition) is 0. The standard InChI is InChI=1S/C30H28.2ClH.Zr/c1-3-4-20-30(23-12-6-5-7-13-23,24-19-18-22(2)21-24)29-27-16-10-8-14-25(27)26-15-9-11-17-28(26)29;;;/h3,5-18,21,29H,1,4,19-20H2,2H3;2*1H;/q;;;+2/p-2. The molecule has 0 aromatic heterocycles. The second-order valence-corrected chi connectivity index (χ2v) is 8.59. The molecule has 2 aliphatic rings. The fourth-order valence-corrected chi connectivity index (χ4v) is 5.71. The van der Waals surface area contributed by atoms with Crippen molar-refractivity contribution in [3.8, 4) is 11.1 Å². The van der Waals surface area contributed by atoms with E-state index >= 15 is 0 Å². The summed E-state index contributed by atoms with van der Waals surface area (Å²) in [5.74, 6) is 0.304. The van der Waals surface area contributed by atoms with Crippen molar-refractivity contribution in [2.45, 2.75) is 37.5 Å². The monoisotopic (exact) mass is 548 g/mol. The summed E-state index contributed by atoms with van der Waals surface area (Å²) in [6.45, 7) is 6.31. The molecule has 0 spiro atoms. The van der Waals surface area contributed by atoms with Crippen LogP contribution in [0.25, 0.3) is 11.1 Å². The molecule has 0 N–H and O–H groups in total. The molecular weight excluding hydrogens is 522 g/mol.